The second-order valence-corrected chi connectivity index (χ2v) is 6.50. The highest BCUT2D eigenvalue weighted by molar-refractivity contribution is 7.89. The number of benzene rings is 1. The van der Waals surface area contributed by atoms with Crippen LogP contribution in [0.4, 0.5) is 0 Å². The van der Waals surface area contributed by atoms with Crippen LogP contribution in [0, 0.1) is 11.8 Å². The van der Waals surface area contributed by atoms with Crippen LogP contribution in [0.3, 0.4) is 0 Å². The van der Waals surface area contributed by atoms with E-state index in [0.717, 1.165) is 0 Å². The first-order chi connectivity index (χ1) is 8.82. The maximum atomic E-state index is 12.4. The summed E-state index contributed by atoms with van der Waals surface area (Å²) < 4.78 is 27.4. The minimum atomic E-state index is -3.58. The monoisotopic (exact) mass is 280 g/mol. The van der Waals surface area contributed by atoms with Crippen LogP contribution in [-0.2, 0) is 10.0 Å². The van der Waals surface area contributed by atoms with E-state index < -0.39 is 15.6 Å². The fraction of sp³-hybridized carbons (Fsp3) is 0.429. The molecule has 0 aliphatic rings. The number of hydrogen-bond acceptors (Lipinski definition) is 3. The van der Waals surface area contributed by atoms with Crippen molar-refractivity contribution in [2.45, 2.75) is 37.6 Å². The molecule has 0 radical (unpaired) electrons. The fourth-order valence-corrected chi connectivity index (χ4v) is 3.09. The molecule has 0 atom stereocenters. The molecule has 0 saturated heterocycles. The molecule has 104 valence electrons. The van der Waals surface area contributed by atoms with E-state index in [1.165, 1.54) is 0 Å². The van der Waals surface area contributed by atoms with Crippen LogP contribution < -0.4 is 10.5 Å². The predicted molar refractivity (Wildman–Crippen MR) is 77.1 cm³/mol. The molecule has 0 unspecified atom stereocenters. The van der Waals surface area contributed by atoms with Crippen molar-refractivity contribution >= 4 is 10.0 Å². The standard InChI is InChI=1S/C14H20N2O2S/c1-4-14(2,3)16-19(17,18)13-10-6-5-8-12(13)9-7-11-15/h5-6,8,10,16H,4,11,15H2,1-3H3. The van der Waals surface area contributed by atoms with E-state index in [0.29, 0.717) is 12.0 Å². The number of sulfonamides is 1. The van der Waals surface area contributed by atoms with Gasteiger partial charge in [-0.25, -0.2) is 13.1 Å². The average Bonchev–Trinajstić information content (AvgIpc) is 2.35. The summed E-state index contributed by atoms with van der Waals surface area (Å²) in [6.45, 7) is 5.82. The Bertz CT molecular complexity index is 595. The molecule has 0 aliphatic heterocycles. The average molecular weight is 280 g/mol. The highest BCUT2D eigenvalue weighted by Crippen LogP contribution is 2.18. The van der Waals surface area contributed by atoms with Gasteiger partial charge >= 0.3 is 0 Å². The third kappa shape index (κ3) is 4.35. The lowest BCUT2D eigenvalue weighted by molar-refractivity contribution is 0.439. The third-order valence-corrected chi connectivity index (χ3v) is 4.55. The highest BCUT2D eigenvalue weighted by atomic mass is 32.2. The quantitative estimate of drug-likeness (QED) is 0.820. The molecule has 1 rings (SSSR count). The first kappa shape index (κ1) is 15.7. The Hall–Kier alpha value is -1.35. The van der Waals surface area contributed by atoms with Crippen molar-refractivity contribution < 1.29 is 8.42 Å². The van der Waals surface area contributed by atoms with Crippen molar-refractivity contribution in [3.8, 4) is 11.8 Å². The number of hydrogen-bond donors (Lipinski definition) is 2. The molecule has 0 aliphatic carbocycles. The van der Waals surface area contributed by atoms with E-state index in [1.54, 1.807) is 24.3 Å². The van der Waals surface area contributed by atoms with Crippen LogP contribution in [0.25, 0.3) is 0 Å². The second-order valence-electron chi connectivity index (χ2n) is 4.84. The summed E-state index contributed by atoms with van der Waals surface area (Å²) in [6.07, 6.45) is 0.697. The lowest BCUT2D eigenvalue weighted by Crippen LogP contribution is -2.42. The zero-order chi connectivity index (χ0) is 14.5. The van der Waals surface area contributed by atoms with E-state index in [-0.39, 0.29) is 11.4 Å². The van der Waals surface area contributed by atoms with Gasteiger partial charge in [0.25, 0.3) is 0 Å². The molecule has 0 spiro atoms. The van der Waals surface area contributed by atoms with Crippen LogP contribution in [0.15, 0.2) is 29.2 Å². The zero-order valence-corrected chi connectivity index (χ0v) is 12.3. The Morgan fingerprint density at radius 2 is 1.95 bits per heavy atom. The largest absolute Gasteiger partial charge is 0.320 e. The minimum Gasteiger partial charge on any atom is -0.320 e. The lowest BCUT2D eigenvalue weighted by Gasteiger charge is -2.24. The van der Waals surface area contributed by atoms with Gasteiger partial charge in [-0.15, -0.1) is 0 Å². The van der Waals surface area contributed by atoms with Gasteiger partial charge in [0.2, 0.25) is 10.0 Å². The van der Waals surface area contributed by atoms with Gasteiger partial charge in [0.05, 0.1) is 11.4 Å². The van der Waals surface area contributed by atoms with Crippen LogP contribution in [0.1, 0.15) is 32.8 Å². The summed E-state index contributed by atoms with van der Waals surface area (Å²) in [5, 5.41) is 0. The second kappa shape index (κ2) is 6.20. The third-order valence-electron chi connectivity index (χ3n) is 2.80. The summed E-state index contributed by atoms with van der Waals surface area (Å²) in [7, 11) is -3.58. The van der Waals surface area contributed by atoms with Gasteiger partial charge < -0.3 is 5.73 Å². The molecule has 19 heavy (non-hydrogen) atoms. The SMILES string of the molecule is CCC(C)(C)NS(=O)(=O)c1ccccc1C#CCN. The van der Waals surface area contributed by atoms with Crippen LogP contribution in [-0.4, -0.2) is 20.5 Å². The molecule has 5 heteroatoms. The maximum absolute atomic E-state index is 12.4. The van der Waals surface area contributed by atoms with Gasteiger partial charge in [0.15, 0.2) is 0 Å². The van der Waals surface area contributed by atoms with Crippen molar-refractivity contribution in [3.05, 3.63) is 29.8 Å². The van der Waals surface area contributed by atoms with Crippen molar-refractivity contribution in [1.29, 1.82) is 0 Å². The molecule has 0 aromatic heterocycles. The van der Waals surface area contributed by atoms with Crippen molar-refractivity contribution in [2.75, 3.05) is 6.54 Å². The van der Waals surface area contributed by atoms with E-state index in [9.17, 15) is 8.42 Å². The van der Waals surface area contributed by atoms with Crippen LogP contribution in [0.2, 0.25) is 0 Å². The molecule has 1 aromatic carbocycles. The Kier molecular flexibility index (Phi) is 5.12. The first-order valence-corrected chi connectivity index (χ1v) is 7.62. The Morgan fingerprint density at radius 3 is 2.53 bits per heavy atom. The molecule has 4 nitrogen and oxygen atoms in total. The van der Waals surface area contributed by atoms with Gasteiger partial charge in [-0.2, -0.15) is 0 Å². The molecular formula is C14H20N2O2S. The van der Waals surface area contributed by atoms with Crippen LogP contribution in [0.5, 0.6) is 0 Å². The molecule has 0 fully saturated rings. The van der Waals surface area contributed by atoms with Crippen molar-refractivity contribution in [3.63, 3.8) is 0 Å². The normalized spacial score (nSPS) is 11.8. The summed E-state index contributed by atoms with van der Waals surface area (Å²) >= 11 is 0. The van der Waals surface area contributed by atoms with Gasteiger partial charge in [-0.3, -0.25) is 0 Å². The molecule has 0 heterocycles. The van der Waals surface area contributed by atoms with Crippen LogP contribution >= 0.6 is 0 Å². The van der Waals surface area contributed by atoms with E-state index in [1.807, 2.05) is 20.8 Å². The van der Waals surface area contributed by atoms with E-state index in [4.69, 9.17) is 5.73 Å². The zero-order valence-electron chi connectivity index (χ0n) is 11.5. The topological polar surface area (TPSA) is 72.2 Å². The highest BCUT2D eigenvalue weighted by Gasteiger charge is 2.25. The summed E-state index contributed by atoms with van der Waals surface area (Å²) in [6, 6.07) is 6.66. The molecule has 3 N–H and O–H groups in total. The van der Waals surface area contributed by atoms with Gasteiger partial charge in [-0.05, 0) is 32.4 Å². The molecule has 0 amide bonds. The first-order valence-electron chi connectivity index (χ1n) is 6.14. The molecule has 1 aromatic rings. The lowest BCUT2D eigenvalue weighted by atomic mass is 10.0. The smallest absolute Gasteiger partial charge is 0.242 e. The van der Waals surface area contributed by atoms with Crippen molar-refractivity contribution in [2.24, 2.45) is 5.73 Å². The Balaban J connectivity index is 3.22. The summed E-state index contributed by atoms with van der Waals surface area (Å²) in [5.74, 6) is 5.47. The van der Waals surface area contributed by atoms with E-state index in [2.05, 4.69) is 16.6 Å². The Labute approximate surface area is 115 Å². The van der Waals surface area contributed by atoms with E-state index >= 15 is 0 Å². The molecule has 0 saturated carbocycles. The maximum Gasteiger partial charge on any atom is 0.242 e. The van der Waals surface area contributed by atoms with Gasteiger partial charge in [0.1, 0.15) is 0 Å². The fourth-order valence-electron chi connectivity index (χ4n) is 1.44. The number of nitrogens with one attached hydrogen (secondary N) is 1. The van der Waals surface area contributed by atoms with Crippen molar-refractivity contribution in [1.82, 2.24) is 4.72 Å². The molecular weight excluding hydrogens is 260 g/mol. The van der Waals surface area contributed by atoms with Gasteiger partial charge in [-0.1, -0.05) is 30.9 Å². The van der Waals surface area contributed by atoms with Gasteiger partial charge in [0, 0.05) is 11.1 Å². The predicted octanol–water partition coefficient (Wildman–Crippen LogP) is 1.46. The Morgan fingerprint density at radius 1 is 1.32 bits per heavy atom. The number of rotatable bonds is 4. The summed E-state index contributed by atoms with van der Waals surface area (Å²) in [4.78, 5) is 0.192. The molecule has 0 bridgehead atoms. The minimum absolute atomic E-state index is 0.192. The summed E-state index contributed by atoms with van der Waals surface area (Å²) in [5.41, 5.74) is 5.29. The number of nitrogens with two attached hydrogens (primary N) is 1.